The van der Waals surface area contributed by atoms with Crippen molar-refractivity contribution in [1.29, 1.82) is 0 Å². The quantitative estimate of drug-likeness (QED) is 0.604. The second kappa shape index (κ2) is 10.9. The second-order valence-corrected chi connectivity index (χ2v) is 12.0. The number of halogens is 1. The van der Waals surface area contributed by atoms with Crippen LogP contribution in [-0.2, 0) is 19.0 Å². The van der Waals surface area contributed by atoms with Crippen LogP contribution in [0.1, 0.15) is 67.2 Å². The van der Waals surface area contributed by atoms with Crippen molar-refractivity contribution < 1.29 is 28.2 Å². The SMILES string of the molecule is CO[C@@H]1COCC[C@@H]1N[C@@H]1CC[C@@](C(=O)N2C[C@@H](N(C)C(=O)OC(C)(C)C)C(F)[C@H]2C)(C(C)C)C1. The molecule has 3 aliphatic rings. The van der Waals surface area contributed by atoms with Gasteiger partial charge in [0.15, 0.2) is 0 Å². The summed E-state index contributed by atoms with van der Waals surface area (Å²) < 4.78 is 32.0. The lowest BCUT2D eigenvalue weighted by Crippen LogP contribution is -2.52. The number of likely N-dealkylation sites (tertiary alicyclic amines) is 1. The molecule has 0 aromatic rings. The molecule has 7 atom stereocenters. The minimum Gasteiger partial charge on any atom is -0.444 e. The molecule has 2 heterocycles. The first-order valence-corrected chi connectivity index (χ1v) is 13.1. The summed E-state index contributed by atoms with van der Waals surface area (Å²) in [5, 5.41) is 3.74. The number of rotatable bonds is 6. The van der Waals surface area contributed by atoms with Crippen molar-refractivity contribution in [2.45, 2.75) is 109 Å². The molecule has 2 saturated heterocycles. The molecule has 0 bridgehead atoms. The van der Waals surface area contributed by atoms with E-state index in [4.69, 9.17) is 14.2 Å². The van der Waals surface area contributed by atoms with Crippen LogP contribution in [0.25, 0.3) is 0 Å². The Kier molecular flexibility index (Phi) is 8.75. The Hall–Kier alpha value is -1.45. The lowest BCUT2D eigenvalue weighted by Gasteiger charge is -2.38. The van der Waals surface area contributed by atoms with E-state index >= 15 is 4.39 Å². The number of alkyl halides is 1. The third-order valence-corrected chi connectivity index (χ3v) is 8.28. The van der Waals surface area contributed by atoms with Gasteiger partial charge in [-0.2, -0.15) is 0 Å². The molecular formula is C26H46FN3O5. The smallest absolute Gasteiger partial charge is 0.410 e. The lowest BCUT2D eigenvalue weighted by molar-refractivity contribution is -0.146. The number of ether oxygens (including phenoxy) is 3. The molecule has 1 saturated carbocycles. The standard InChI is InChI=1S/C26H46FN3O5/c1-16(2)26(11-9-18(13-26)28-19-10-12-34-15-21(19)33-8)23(31)30-14-20(22(27)17(30)3)29(7)24(32)35-25(4,5)6/h16-22,28H,9-15H2,1-8H3/t17-,18-,19+,20-,21-,22?,26+/m1/s1. The van der Waals surface area contributed by atoms with Crippen molar-refractivity contribution in [1.82, 2.24) is 15.1 Å². The fourth-order valence-electron chi connectivity index (χ4n) is 5.94. The van der Waals surface area contributed by atoms with E-state index in [0.29, 0.717) is 19.6 Å². The average molecular weight is 500 g/mol. The van der Waals surface area contributed by atoms with Crippen LogP contribution >= 0.6 is 0 Å². The minimum absolute atomic E-state index is 0.00214. The number of likely N-dealkylation sites (N-methyl/N-ethyl adjacent to an activating group) is 1. The van der Waals surface area contributed by atoms with Gasteiger partial charge in [0.25, 0.3) is 0 Å². The molecule has 1 aliphatic carbocycles. The molecule has 0 radical (unpaired) electrons. The summed E-state index contributed by atoms with van der Waals surface area (Å²) in [5.74, 6) is 0.116. The summed E-state index contributed by atoms with van der Waals surface area (Å²) in [5.41, 5.74) is -1.23. The van der Waals surface area contributed by atoms with Gasteiger partial charge in [-0.1, -0.05) is 13.8 Å². The van der Waals surface area contributed by atoms with Crippen LogP contribution in [-0.4, -0.2) is 97.8 Å². The Morgan fingerprint density at radius 3 is 2.54 bits per heavy atom. The third kappa shape index (κ3) is 5.93. The number of hydrogen-bond donors (Lipinski definition) is 1. The van der Waals surface area contributed by atoms with Gasteiger partial charge in [-0.3, -0.25) is 4.79 Å². The number of methoxy groups -OCH3 is 1. The molecular weight excluding hydrogens is 453 g/mol. The van der Waals surface area contributed by atoms with Crippen molar-refractivity contribution in [3.8, 4) is 0 Å². The van der Waals surface area contributed by atoms with Gasteiger partial charge in [-0.15, -0.1) is 0 Å². The maximum Gasteiger partial charge on any atom is 0.410 e. The average Bonchev–Trinajstić information content (AvgIpc) is 3.34. The van der Waals surface area contributed by atoms with E-state index in [0.717, 1.165) is 19.3 Å². The Bertz CT molecular complexity index is 760. The predicted molar refractivity (Wildman–Crippen MR) is 132 cm³/mol. The maximum absolute atomic E-state index is 15.4. The Labute approximate surface area is 210 Å². The van der Waals surface area contributed by atoms with Crippen molar-refractivity contribution in [3.05, 3.63) is 0 Å². The molecule has 0 aromatic heterocycles. The largest absolute Gasteiger partial charge is 0.444 e. The molecule has 3 fully saturated rings. The second-order valence-electron chi connectivity index (χ2n) is 12.0. The van der Waals surface area contributed by atoms with E-state index in [9.17, 15) is 9.59 Å². The molecule has 0 spiro atoms. The van der Waals surface area contributed by atoms with Crippen LogP contribution in [0.5, 0.6) is 0 Å². The lowest BCUT2D eigenvalue weighted by atomic mass is 9.74. The summed E-state index contributed by atoms with van der Waals surface area (Å²) in [4.78, 5) is 29.6. The van der Waals surface area contributed by atoms with E-state index in [1.54, 1.807) is 46.8 Å². The molecule has 2 aliphatic heterocycles. The minimum atomic E-state index is -1.33. The van der Waals surface area contributed by atoms with E-state index in [-0.39, 0.29) is 36.6 Å². The highest BCUT2D eigenvalue weighted by atomic mass is 19.1. The van der Waals surface area contributed by atoms with Crippen LogP contribution < -0.4 is 5.32 Å². The summed E-state index contributed by atoms with van der Waals surface area (Å²) >= 11 is 0. The Balaban J connectivity index is 1.71. The topological polar surface area (TPSA) is 80.3 Å². The summed E-state index contributed by atoms with van der Waals surface area (Å²) in [7, 11) is 3.26. The number of carbonyl (C=O) groups excluding carboxylic acids is 2. The van der Waals surface area contributed by atoms with Crippen molar-refractivity contribution in [2.24, 2.45) is 11.3 Å². The molecule has 3 rings (SSSR count). The van der Waals surface area contributed by atoms with Crippen molar-refractivity contribution in [2.75, 3.05) is 33.9 Å². The summed E-state index contributed by atoms with van der Waals surface area (Å²) in [6.07, 6.45) is 1.34. The fourth-order valence-corrected chi connectivity index (χ4v) is 5.94. The molecule has 1 unspecified atom stereocenters. The van der Waals surface area contributed by atoms with Crippen LogP contribution in [0, 0.1) is 11.3 Å². The van der Waals surface area contributed by atoms with Crippen LogP contribution in [0.4, 0.5) is 9.18 Å². The molecule has 35 heavy (non-hydrogen) atoms. The number of amides is 2. The molecule has 2 amide bonds. The van der Waals surface area contributed by atoms with Gasteiger partial charge >= 0.3 is 6.09 Å². The number of nitrogens with zero attached hydrogens (tertiary/aromatic N) is 2. The van der Waals surface area contributed by atoms with Gasteiger partial charge in [0.1, 0.15) is 11.8 Å². The number of hydrogen-bond acceptors (Lipinski definition) is 6. The van der Waals surface area contributed by atoms with E-state index < -0.39 is 35.4 Å². The highest BCUT2D eigenvalue weighted by molar-refractivity contribution is 5.84. The van der Waals surface area contributed by atoms with Gasteiger partial charge in [0.05, 0.1) is 30.2 Å². The first-order valence-electron chi connectivity index (χ1n) is 13.1. The van der Waals surface area contributed by atoms with Crippen molar-refractivity contribution in [3.63, 3.8) is 0 Å². The van der Waals surface area contributed by atoms with E-state index in [1.165, 1.54) is 4.90 Å². The normalized spacial score (nSPS) is 36.0. The maximum atomic E-state index is 15.4. The van der Waals surface area contributed by atoms with Gasteiger partial charge in [-0.05, 0) is 59.3 Å². The molecule has 8 nitrogen and oxygen atoms in total. The molecule has 0 aromatic carbocycles. The van der Waals surface area contributed by atoms with E-state index in [1.807, 2.05) is 0 Å². The monoisotopic (exact) mass is 499 g/mol. The molecule has 1 N–H and O–H groups in total. The summed E-state index contributed by atoms with van der Waals surface area (Å²) in [6.45, 7) is 12.7. The zero-order valence-electron chi connectivity index (χ0n) is 22.8. The Morgan fingerprint density at radius 2 is 1.94 bits per heavy atom. The van der Waals surface area contributed by atoms with E-state index in [2.05, 4.69) is 19.2 Å². The van der Waals surface area contributed by atoms with Crippen LogP contribution in [0.3, 0.4) is 0 Å². The highest BCUT2D eigenvalue weighted by Crippen LogP contribution is 2.47. The van der Waals surface area contributed by atoms with Gasteiger partial charge < -0.3 is 29.3 Å². The van der Waals surface area contributed by atoms with Crippen molar-refractivity contribution >= 4 is 12.0 Å². The highest BCUT2D eigenvalue weighted by Gasteiger charge is 2.54. The zero-order valence-corrected chi connectivity index (χ0v) is 22.8. The van der Waals surface area contributed by atoms with Gasteiger partial charge in [0.2, 0.25) is 5.91 Å². The summed E-state index contributed by atoms with van der Waals surface area (Å²) in [6, 6.07) is -0.938. The van der Waals surface area contributed by atoms with Crippen LogP contribution in [0.2, 0.25) is 0 Å². The van der Waals surface area contributed by atoms with Gasteiger partial charge in [-0.25, -0.2) is 9.18 Å². The first kappa shape index (κ1) is 28.1. The number of carbonyl (C=O) groups is 2. The Morgan fingerprint density at radius 1 is 1.26 bits per heavy atom. The zero-order chi connectivity index (χ0) is 26.1. The first-order chi connectivity index (χ1) is 16.3. The van der Waals surface area contributed by atoms with Gasteiger partial charge in [0, 0.05) is 39.4 Å². The number of nitrogens with one attached hydrogen (secondary N) is 1. The third-order valence-electron chi connectivity index (χ3n) is 8.28. The molecule has 9 heteroatoms. The fraction of sp³-hybridized carbons (Fsp3) is 0.923. The molecule has 202 valence electrons. The van der Waals surface area contributed by atoms with Crippen LogP contribution in [0.15, 0.2) is 0 Å². The predicted octanol–water partition coefficient (Wildman–Crippen LogP) is 3.38.